The molecule has 0 amide bonds. The highest BCUT2D eigenvalue weighted by Gasteiger charge is 2.26. The van der Waals surface area contributed by atoms with Gasteiger partial charge in [-0.25, -0.2) is 9.78 Å². The van der Waals surface area contributed by atoms with Gasteiger partial charge in [0.2, 0.25) is 5.28 Å². The standard InChI is InChI=1S/C23H26ClN3O2S/c1-4-27(16-10-8-9-14(2)13-16)20-18-15(3)19(30-21(18)26-23(24)25-20)22(28)29-17-11-6-5-7-12-17/h8-10,13,17H,4-7,11-12H2,1-3H3. The summed E-state index contributed by atoms with van der Waals surface area (Å²) in [4.78, 5) is 25.3. The molecule has 1 saturated carbocycles. The van der Waals surface area contributed by atoms with Gasteiger partial charge in [-0.3, -0.25) is 0 Å². The van der Waals surface area contributed by atoms with E-state index in [0.29, 0.717) is 16.3 Å². The molecular weight excluding hydrogens is 418 g/mol. The van der Waals surface area contributed by atoms with Gasteiger partial charge in [0.1, 0.15) is 21.6 Å². The van der Waals surface area contributed by atoms with E-state index in [2.05, 4.69) is 46.9 Å². The SMILES string of the molecule is CCN(c1cccc(C)c1)c1nc(Cl)nc2sc(C(=O)OC3CCCCC3)c(C)c12. The number of hydrogen-bond donors (Lipinski definition) is 0. The predicted octanol–water partition coefficient (Wildman–Crippen LogP) is 6.61. The smallest absolute Gasteiger partial charge is 0.348 e. The quantitative estimate of drug-likeness (QED) is 0.328. The zero-order valence-electron chi connectivity index (χ0n) is 17.6. The van der Waals surface area contributed by atoms with Gasteiger partial charge in [0, 0.05) is 12.2 Å². The van der Waals surface area contributed by atoms with Crippen molar-refractivity contribution in [3.63, 3.8) is 0 Å². The number of fused-ring (bicyclic) bond motifs is 1. The number of halogens is 1. The second-order valence-corrected chi connectivity index (χ2v) is 9.14. The Morgan fingerprint density at radius 1 is 1.23 bits per heavy atom. The molecule has 0 aliphatic heterocycles. The molecule has 5 nitrogen and oxygen atoms in total. The molecule has 158 valence electrons. The van der Waals surface area contributed by atoms with Gasteiger partial charge in [0.05, 0.1) is 5.39 Å². The zero-order chi connectivity index (χ0) is 21.3. The lowest BCUT2D eigenvalue weighted by atomic mass is 9.98. The van der Waals surface area contributed by atoms with E-state index >= 15 is 0 Å². The number of ether oxygens (including phenoxy) is 1. The molecule has 1 aliphatic rings. The Kier molecular flexibility index (Phi) is 6.25. The zero-order valence-corrected chi connectivity index (χ0v) is 19.1. The Morgan fingerprint density at radius 2 is 2.00 bits per heavy atom. The first kappa shape index (κ1) is 21.1. The third-order valence-corrected chi connectivity index (χ3v) is 6.98. The highest BCUT2D eigenvalue weighted by molar-refractivity contribution is 7.20. The summed E-state index contributed by atoms with van der Waals surface area (Å²) in [7, 11) is 0. The van der Waals surface area contributed by atoms with Crippen molar-refractivity contribution in [2.24, 2.45) is 0 Å². The molecule has 0 spiro atoms. The van der Waals surface area contributed by atoms with Crippen molar-refractivity contribution in [1.29, 1.82) is 0 Å². The van der Waals surface area contributed by atoms with Crippen LogP contribution in [0.4, 0.5) is 11.5 Å². The number of carbonyl (C=O) groups is 1. The lowest BCUT2D eigenvalue weighted by molar-refractivity contribution is 0.0216. The van der Waals surface area contributed by atoms with E-state index in [-0.39, 0.29) is 17.4 Å². The van der Waals surface area contributed by atoms with Crippen molar-refractivity contribution in [2.45, 2.75) is 59.0 Å². The molecule has 0 bridgehead atoms. The van der Waals surface area contributed by atoms with Crippen LogP contribution in [0.1, 0.15) is 59.8 Å². The monoisotopic (exact) mass is 443 g/mol. The summed E-state index contributed by atoms with van der Waals surface area (Å²) < 4.78 is 5.82. The van der Waals surface area contributed by atoms with Crippen LogP contribution in [0.3, 0.4) is 0 Å². The molecule has 1 aromatic carbocycles. The van der Waals surface area contributed by atoms with Gasteiger partial charge in [-0.05, 0) is 81.3 Å². The fraction of sp³-hybridized carbons (Fsp3) is 0.435. The van der Waals surface area contributed by atoms with Crippen LogP contribution in [-0.2, 0) is 4.74 Å². The minimum absolute atomic E-state index is 0.0180. The normalized spacial score (nSPS) is 14.8. The van der Waals surface area contributed by atoms with Crippen molar-refractivity contribution in [3.05, 3.63) is 45.6 Å². The van der Waals surface area contributed by atoms with Crippen LogP contribution in [0.2, 0.25) is 5.28 Å². The number of rotatable bonds is 5. The Morgan fingerprint density at radius 3 is 2.70 bits per heavy atom. The summed E-state index contributed by atoms with van der Waals surface area (Å²) >= 11 is 7.62. The molecular formula is C23H26ClN3O2S. The van der Waals surface area contributed by atoms with E-state index in [1.165, 1.54) is 23.3 Å². The lowest BCUT2D eigenvalue weighted by Gasteiger charge is -2.23. The minimum atomic E-state index is -0.261. The molecule has 7 heteroatoms. The number of thiophene rings is 1. The van der Waals surface area contributed by atoms with Crippen LogP contribution in [0.5, 0.6) is 0 Å². The molecule has 1 aliphatic carbocycles. The number of anilines is 2. The molecule has 3 aromatic rings. The number of aryl methyl sites for hydroxylation is 2. The minimum Gasteiger partial charge on any atom is -0.458 e. The van der Waals surface area contributed by atoms with Crippen molar-refractivity contribution in [2.75, 3.05) is 11.4 Å². The highest BCUT2D eigenvalue weighted by Crippen LogP contribution is 2.39. The summed E-state index contributed by atoms with van der Waals surface area (Å²) in [5.74, 6) is 0.464. The molecule has 2 aromatic heterocycles. The largest absolute Gasteiger partial charge is 0.458 e. The van der Waals surface area contributed by atoms with Gasteiger partial charge in [-0.15, -0.1) is 11.3 Å². The first-order valence-corrected chi connectivity index (χ1v) is 11.7. The molecule has 30 heavy (non-hydrogen) atoms. The molecule has 2 heterocycles. The molecule has 0 unspecified atom stereocenters. The maximum absolute atomic E-state index is 12.9. The third kappa shape index (κ3) is 4.16. The summed E-state index contributed by atoms with van der Waals surface area (Å²) in [5.41, 5.74) is 3.06. The van der Waals surface area contributed by atoms with Crippen LogP contribution in [0.25, 0.3) is 10.2 Å². The first-order valence-electron chi connectivity index (χ1n) is 10.5. The molecule has 0 N–H and O–H groups in total. The Hall–Kier alpha value is -2.18. The lowest BCUT2D eigenvalue weighted by Crippen LogP contribution is -2.20. The van der Waals surface area contributed by atoms with Crippen LogP contribution in [-0.4, -0.2) is 28.6 Å². The van der Waals surface area contributed by atoms with Crippen LogP contribution in [0, 0.1) is 13.8 Å². The predicted molar refractivity (Wildman–Crippen MR) is 123 cm³/mol. The number of nitrogens with zero attached hydrogens (tertiary/aromatic N) is 3. The number of hydrogen-bond acceptors (Lipinski definition) is 6. The number of esters is 1. The second-order valence-electron chi connectivity index (χ2n) is 7.80. The Balaban J connectivity index is 1.76. The average Bonchev–Trinajstić information content (AvgIpc) is 3.05. The summed E-state index contributed by atoms with van der Waals surface area (Å²) in [6.07, 6.45) is 5.38. The summed E-state index contributed by atoms with van der Waals surface area (Å²) in [6.45, 7) is 6.80. The summed E-state index contributed by atoms with van der Waals surface area (Å²) in [6, 6.07) is 8.26. The maximum Gasteiger partial charge on any atom is 0.348 e. The van der Waals surface area contributed by atoms with E-state index in [1.54, 1.807) is 0 Å². The number of benzene rings is 1. The molecule has 0 radical (unpaired) electrons. The molecule has 4 rings (SSSR count). The van der Waals surface area contributed by atoms with Gasteiger partial charge < -0.3 is 9.64 Å². The van der Waals surface area contributed by atoms with Gasteiger partial charge in [-0.2, -0.15) is 4.98 Å². The maximum atomic E-state index is 12.9. The van der Waals surface area contributed by atoms with Gasteiger partial charge in [0.15, 0.2) is 0 Å². The van der Waals surface area contributed by atoms with Crippen molar-refractivity contribution < 1.29 is 9.53 Å². The van der Waals surface area contributed by atoms with E-state index in [0.717, 1.165) is 48.1 Å². The Bertz CT molecular complexity index is 1080. The molecule has 0 saturated heterocycles. The first-order chi connectivity index (χ1) is 14.5. The van der Waals surface area contributed by atoms with E-state index in [4.69, 9.17) is 16.3 Å². The van der Waals surface area contributed by atoms with Crippen LogP contribution in [0.15, 0.2) is 24.3 Å². The van der Waals surface area contributed by atoms with Gasteiger partial charge >= 0.3 is 5.97 Å². The van der Waals surface area contributed by atoms with Crippen LogP contribution >= 0.6 is 22.9 Å². The van der Waals surface area contributed by atoms with Gasteiger partial charge in [0.25, 0.3) is 0 Å². The van der Waals surface area contributed by atoms with Crippen molar-refractivity contribution in [1.82, 2.24) is 9.97 Å². The summed E-state index contributed by atoms with van der Waals surface area (Å²) in [5, 5.41) is 1.04. The molecule has 1 fully saturated rings. The average molecular weight is 444 g/mol. The van der Waals surface area contributed by atoms with Crippen molar-refractivity contribution >= 4 is 50.6 Å². The fourth-order valence-electron chi connectivity index (χ4n) is 4.12. The van der Waals surface area contributed by atoms with Crippen molar-refractivity contribution in [3.8, 4) is 0 Å². The van der Waals surface area contributed by atoms with E-state index in [9.17, 15) is 4.79 Å². The number of carbonyl (C=O) groups excluding carboxylic acids is 1. The second kappa shape index (κ2) is 8.90. The van der Waals surface area contributed by atoms with Crippen LogP contribution < -0.4 is 4.90 Å². The van der Waals surface area contributed by atoms with E-state index in [1.807, 2.05) is 13.0 Å². The number of aromatic nitrogens is 2. The van der Waals surface area contributed by atoms with E-state index < -0.39 is 0 Å². The Labute approximate surface area is 186 Å². The topological polar surface area (TPSA) is 55.3 Å². The fourth-order valence-corrected chi connectivity index (χ4v) is 5.39. The highest BCUT2D eigenvalue weighted by atomic mass is 35.5. The molecule has 0 atom stereocenters. The third-order valence-electron chi connectivity index (χ3n) is 5.64. The van der Waals surface area contributed by atoms with Gasteiger partial charge in [-0.1, -0.05) is 18.6 Å².